The van der Waals surface area contributed by atoms with E-state index in [9.17, 15) is 22.8 Å². The summed E-state index contributed by atoms with van der Waals surface area (Å²) in [6.45, 7) is 0. The Labute approximate surface area is 186 Å². The minimum atomic E-state index is -4.63. The minimum absolute atomic E-state index is 0.0412. The Morgan fingerprint density at radius 3 is 2.25 bits per heavy atom. The molecule has 0 radical (unpaired) electrons. The van der Waals surface area contributed by atoms with Gasteiger partial charge in [0.05, 0.1) is 10.6 Å². The molecule has 3 aromatic rings. The highest BCUT2D eigenvalue weighted by Crippen LogP contribution is 2.36. The van der Waals surface area contributed by atoms with Crippen LogP contribution in [0.1, 0.15) is 27.2 Å². The Kier molecular flexibility index (Phi) is 6.99. The fraction of sp³-hybridized carbons (Fsp3) is 0.136. The zero-order chi connectivity index (χ0) is 23.3. The normalized spacial score (nSPS) is 11.0. The molecule has 0 aliphatic carbocycles. The van der Waals surface area contributed by atoms with Crippen molar-refractivity contribution in [1.82, 2.24) is 10.3 Å². The Morgan fingerprint density at radius 1 is 0.938 bits per heavy atom. The highest BCUT2D eigenvalue weighted by atomic mass is 35.5. The second-order valence-corrected chi connectivity index (χ2v) is 7.18. The van der Waals surface area contributed by atoms with E-state index in [2.05, 4.69) is 20.9 Å². The number of hydrogen-bond donors (Lipinski definition) is 3. The number of aromatic nitrogens is 1. The van der Waals surface area contributed by atoms with Crippen LogP contribution >= 0.6 is 11.6 Å². The number of nitrogens with one attached hydrogen (secondary N) is 3. The number of alkyl halides is 3. The van der Waals surface area contributed by atoms with E-state index in [4.69, 9.17) is 11.6 Å². The zero-order valence-corrected chi connectivity index (χ0v) is 17.5. The Morgan fingerprint density at radius 2 is 1.59 bits per heavy atom. The van der Waals surface area contributed by atoms with Gasteiger partial charge in [0.15, 0.2) is 0 Å². The Hall–Kier alpha value is -3.59. The van der Waals surface area contributed by atoms with Crippen LogP contribution in [0.3, 0.4) is 0 Å². The molecule has 2 aromatic carbocycles. The van der Waals surface area contributed by atoms with Crippen molar-refractivity contribution < 1.29 is 22.8 Å². The second-order valence-electron chi connectivity index (χ2n) is 6.77. The largest absolute Gasteiger partial charge is 0.417 e. The van der Waals surface area contributed by atoms with Crippen molar-refractivity contribution in [2.75, 3.05) is 17.7 Å². The van der Waals surface area contributed by atoms with Crippen LogP contribution in [0.15, 0.2) is 60.8 Å². The first-order valence-electron chi connectivity index (χ1n) is 9.36. The fourth-order valence-corrected chi connectivity index (χ4v) is 3.12. The van der Waals surface area contributed by atoms with E-state index >= 15 is 0 Å². The van der Waals surface area contributed by atoms with Gasteiger partial charge < -0.3 is 16.0 Å². The number of carbonyl (C=O) groups excluding carboxylic acids is 2. The van der Waals surface area contributed by atoms with Gasteiger partial charge in [-0.1, -0.05) is 23.7 Å². The lowest BCUT2D eigenvalue weighted by Crippen LogP contribution is -2.20. The van der Waals surface area contributed by atoms with Crippen LogP contribution in [0, 0.1) is 0 Å². The highest BCUT2D eigenvalue weighted by molar-refractivity contribution is 6.31. The van der Waals surface area contributed by atoms with Crippen molar-refractivity contribution in [1.29, 1.82) is 0 Å². The topological polar surface area (TPSA) is 83.1 Å². The molecule has 32 heavy (non-hydrogen) atoms. The van der Waals surface area contributed by atoms with E-state index in [1.807, 2.05) is 0 Å². The van der Waals surface area contributed by atoms with Crippen LogP contribution in [0.5, 0.6) is 0 Å². The number of urea groups is 1. The van der Waals surface area contributed by atoms with Crippen LogP contribution in [0.25, 0.3) is 0 Å². The van der Waals surface area contributed by atoms with E-state index < -0.39 is 22.8 Å². The van der Waals surface area contributed by atoms with Crippen molar-refractivity contribution in [3.63, 3.8) is 0 Å². The summed E-state index contributed by atoms with van der Waals surface area (Å²) < 4.78 is 38.9. The molecular formula is C22H18ClF3N4O2. The first-order chi connectivity index (χ1) is 15.2. The van der Waals surface area contributed by atoms with Crippen molar-refractivity contribution >= 4 is 34.9 Å². The van der Waals surface area contributed by atoms with E-state index in [1.165, 1.54) is 13.1 Å². The highest BCUT2D eigenvalue weighted by Gasteiger charge is 2.33. The number of amides is 3. The average molecular weight is 463 g/mol. The first-order valence-corrected chi connectivity index (χ1v) is 9.74. The van der Waals surface area contributed by atoms with E-state index in [0.717, 1.165) is 23.3 Å². The summed E-state index contributed by atoms with van der Waals surface area (Å²) in [6, 6.07) is 12.8. The standard InChI is InChI=1S/C22H18ClF3N4O2/c1-27-20(31)19-11-14(8-9-28-19)10-13-2-4-15(5-3-13)29-21(32)30-16-6-7-18(23)17(12-16)22(24,25)26/h2-9,11-12H,10H2,1H3,(H,27,31)(H2,29,30,32). The third-order valence-electron chi connectivity index (χ3n) is 4.43. The van der Waals surface area contributed by atoms with Crippen LogP contribution in [0.4, 0.5) is 29.3 Å². The van der Waals surface area contributed by atoms with Gasteiger partial charge in [-0.15, -0.1) is 0 Å². The van der Waals surface area contributed by atoms with Crippen LogP contribution in [0.2, 0.25) is 5.02 Å². The molecule has 6 nitrogen and oxygen atoms in total. The molecule has 0 atom stereocenters. The quantitative estimate of drug-likeness (QED) is 0.478. The molecule has 3 rings (SSSR count). The van der Waals surface area contributed by atoms with E-state index in [-0.39, 0.29) is 11.6 Å². The molecule has 3 amide bonds. The average Bonchev–Trinajstić information content (AvgIpc) is 2.75. The van der Waals surface area contributed by atoms with Crippen LogP contribution in [-0.4, -0.2) is 24.0 Å². The summed E-state index contributed by atoms with van der Waals surface area (Å²) in [5, 5.41) is 6.98. The molecular weight excluding hydrogens is 445 g/mol. The summed E-state index contributed by atoms with van der Waals surface area (Å²) in [4.78, 5) is 27.9. The summed E-state index contributed by atoms with van der Waals surface area (Å²) in [5.74, 6) is -0.277. The summed E-state index contributed by atoms with van der Waals surface area (Å²) in [6.07, 6.45) is -2.53. The third kappa shape index (κ3) is 5.98. The zero-order valence-electron chi connectivity index (χ0n) is 16.8. The van der Waals surface area contributed by atoms with E-state index in [1.54, 1.807) is 42.6 Å². The van der Waals surface area contributed by atoms with Gasteiger partial charge in [-0.3, -0.25) is 9.78 Å². The fourth-order valence-electron chi connectivity index (χ4n) is 2.89. The number of benzene rings is 2. The van der Waals surface area contributed by atoms with Crippen molar-refractivity contribution in [3.8, 4) is 0 Å². The molecule has 0 spiro atoms. The predicted molar refractivity (Wildman–Crippen MR) is 116 cm³/mol. The number of pyridine rings is 1. The maximum Gasteiger partial charge on any atom is 0.417 e. The first kappa shape index (κ1) is 23.1. The number of rotatable bonds is 5. The number of carbonyl (C=O) groups is 2. The lowest BCUT2D eigenvalue weighted by atomic mass is 10.0. The lowest BCUT2D eigenvalue weighted by Gasteiger charge is -2.12. The molecule has 0 saturated heterocycles. The molecule has 0 saturated carbocycles. The summed E-state index contributed by atoms with van der Waals surface area (Å²) >= 11 is 5.58. The number of halogens is 4. The second kappa shape index (κ2) is 9.69. The van der Waals surface area contributed by atoms with Gasteiger partial charge in [-0.2, -0.15) is 13.2 Å². The SMILES string of the molecule is CNC(=O)c1cc(Cc2ccc(NC(=O)Nc3ccc(Cl)c(C(F)(F)F)c3)cc2)ccn1. The van der Waals surface area contributed by atoms with Crippen molar-refractivity contribution in [2.24, 2.45) is 0 Å². The predicted octanol–water partition coefficient (Wildman–Crippen LogP) is 5.35. The van der Waals surface area contributed by atoms with Crippen molar-refractivity contribution in [2.45, 2.75) is 12.6 Å². The molecule has 0 aliphatic heterocycles. The van der Waals surface area contributed by atoms with Gasteiger partial charge in [0, 0.05) is 24.6 Å². The Bertz CT molecular complexity index is 1130. The van der Waals surface area contributed by atoms with Crippen LogP contribution in [-0.2, 0) is 12.6 Å². The molecule has 3 N–H and O–H groups in total. The van der Waals surface area contributed by atoms with Gasteiger partial charge in [-0.05, 0) is 60.0 Å². The monoisotopic (exact) mass is 462 g/mol. The van der Waals surface area contributed by atoms with Crippen molar-refractivity contribution in [3.05, 3.63) is 88.2 Å². The smallest absolute Gasteiger partial charge is 0.354 e. The molecule has 1 heterocycles. The van der Waals surface area contributed by atoms with E-state index in [0.29, 0.717) is 17.8 Å². The van der Waals surface area contributed by atoms with Gasteiger partial charge in [0.1, 0.15) is 5.69 Å². The number of hydrogen-bond acceptors (Lipinski definition) is 3. The molecule has 0 bridgehead atoms. The minimum Gasteiger partial charge on any atom is -0.354 e. The maximum absolute atomic E-state index is 13.0. The molecule has 1 aromatic heterocycles. The van der Waals surface area contributed by atoms with Crippen LogP contribution < -0.4 is 16.0 Å². The van der Waals surface area contributed by atoms with Gasteiger partial charge in [-0.25, -0.2) is 4.79 Å². The summed E-state index contributed by atoms with van der Waals surface area (Å²) in [7, 11) is 1.53. The molecule has 166 valence electrons. The maximum atomic E-state index is 13.0. The number of nitrogens with zero attached hydrogens (tertiary/aromatic N) is 1. The molecule has 0 fully saturated rings. The number of anilines is 2. The third-order valence-corrected chi connectivity index (χ3v) is 4.76. The van der Waals surface area contributed by atoms with Gasteiger partial charge in [0.25, 0.3) is 5.91 Å². The Balaban J connectivity index is 1.62. The van der Waals surface area contributed by atoms with Gasteiger partial charge in [0.2, 0.25) is 0 Å². The lowest BCUT2D eigenvalue weighted by molar-refractivity contribution is -0.137. The summed E-state index contributed by atoms with van der Waals surface area (Å²) in [5.41, 5.74) is 1.52. The molecule has 10 heteroatoms. The molecule has 0 unspecified atom stereocenters. The van der Waals surface area contributed by atoms with Gasteiger partial charge >= 0.3 is 12.2 Å². The molecule has 0 aliphatic rings.